The van der Waals surface area contributed by atoms with E-state index in [0.717, 1.165) is 11.1 Å². The maximum atomic E-state index is 12.2. The minimum atomic E-state index is -0.222. The number of ether oxygens (including phenoxy) is 1. The molecule has 1 amide bonds. The lowest BCUT2D eigenvalue weighted by Gasteiger charge is -2.04. The van der Waals surface area contributed by atoms with E-state index < -0.39 is 0 Å². The molecule has 0 spiro atoms. The van der Waals surface area contributed by atoms with E-state index in [1.807, 2.05) is 24.3 Å². The van der Waals surface area contributed by atoms with E-state index >= 15 is 0 Å². The van der Waals surface area contributed by atoms with Gasteiger partial charge in [0.05, 0.1) is 20.0 Å². The Morgan fingerprint density at radius 1 is 1.15 bits per heavy atom. The largest absolute Gasteiger partial charge is 0.497 e. The van der Waals surface area contributed by atoms with Crippen LogP contribution in [0.3, 0.4) is 0 Å². The molecule has 0 saturated heterocycles. The van der Waals surface area contributed by atoms with Gasteiger partial charge >= 0.3 is 6.01 Å². The number of benzene rings is 2. The van der Waals surface area contributed by atoms with Gasteiger partial charge in [-0.05, 0) is 42.7 Å². The number of nitrogens with zero attached hydrogens (tertiary/aromatic N) is 2. The van der Waals surface area contributed by atoms with E-state index in [9.17, 15) is 4.79 Å². The highest BCUT2D eigenvalue weighted by atomic mass is 16.5. The summed E-state index contributed by atoms with van der Waals surface area (Å²) in [6.45, 7) is 4.11. The lowest BCUT2D eigenvalue weighted by atomic mass is 10.0. The average Bonchev–Trinajstić information content (AvgIpc) is 3.04. The van der Waals surface area contributed by atoms with Gasteiger partial charge in [-0.1, -0.05) is 41.0 Å². The molecule has 0 aliphatic heterocycles. The van der Waals surface area contributed by atoms with Crippen LogP contribution in [0.25, 0.3) is 0 Å². The first-order valence-electron chi connectivity index (χ1n) is 8.35. The highest BCUT2D eigenvalue weighted by Crippen LogP contribution is 2.17. The van der Waals surface area contributed by atoms with E-state index in [1.54, 1.807) is 7.11 Å². The van der Waals surface area contributed by atoms with E-state index in [2.05, 4.69) is 47.6 Å². The predicted octanol–water partition coefficient (Wildman–Crippen LogP) is 3.47. The van der Waals surface area contributed by atoms with Gasteiger partial charge in [-0.3, -0.25) is 10.1 Å². The minimum Gasteiger partial charge on any atom is -0.497 e. The van der Waals surface area contributed by atoms with Crippen molar-refractivity contribution in [3.8, 4) is 5.75 Å². The van der Waals surface area contributed by atoms with Crippen molar-refractivity contribution >= 4 is 11.9 Å². The fourth-order valence-corrected chi connectivity index (χ4v) is 2.71. The Labute approximate surface area is 152 Å². The van der Waals surface area contributed by atoms with Gasteiger partial charge in [0.15, 0.2) is 0 Å². The summed E-state index contributed by atoms with van der Waals surface area (Å²) in [7, 11) is 1.59. The first-order chi connectivity index (χ1) is 12.5. The first kappa shape index (κ1) is 17.7. The summed E-state index contributed by atoms with van der Waals surface area (Å²) in [6, 6.07) is 13.7. The van der Waals surface area contributed by atoms with Gasteiger partial charge < -0.3 is 9.15 Å². The van der Waals surface area contributed by atoms with E-state index in [0.29, 0.717) is 18.1 Å². The summed E-state index contributed by atoms with van der Waals surface area (Å²) in [5.74, 6) is 0.956. The molecule has 2 aromatic carbocycles. The number of methoxy groups -OCH3 is 1. The third-order valence-electron chi connectivity index (χ3n) is 4.05. The number of carbonyl (C=O) groups is 1. The number of anilines is 1. The highest BCUT2D eigenvalue weighted by molar-refractivity contribution is 5.90. The highest BCUT2D eigenvalue weighted by Gasteiger charge is 2.12. The molecule has 0 aliphatic carbocycles. The van der Waals surface area contributed by atoms with Crippen molar-refractivity contribution in [3.05, 3.63) is 70.6 Å². The molecule has 3 aromatic rings. The number of rotatable bonds is 6. The fourth-order valence-electron chi connectivity index (χ4n) is 2.71. The Bertz CT molecular complexity index is 918. The van der Waals surface area contributed by atoms with Crippen LogP contribution in [0.1, 0.15) is 28.1 Å². The Hall–Kier alpha value is -3.15. The second-order valence-corrected chi connectivity index (χ2v) is 6.18. The lowest BCUT2D eigenvalue weighted by Crippen LogP contribution is -2.14. The first-order valence-corrected chi connectivity index (χ1v) is 8.35. The van der Waals surface area contributed by atoms with E-state index in [4.69, 9.17) is 9.15 Å². The van der Waals surface area contributed by atoms with Crippen LogP contribution in [0.4, 0.5) is 6.01 Å². The zero-order valence-corrected chi connectivity index (χ0v) is 15.1. The van der Waals surface area contributed by atoms with Crippen molar-refractivity contribution in [1.82, 2.24) is 10.2 Å². The molecule has 0 atom stereocenters. The molecule has 6 heteroatoms. The second kappa shape index (κ2) is 7.82. The van der Waals surface area contributed by atoms with Crippen LogP contribution >= 0.6 is 0 Å². The molecule has 0 unspecified atom stereocenters. The normalized spacial score (nSPS) is 10.6. The summed E-state index contributed by atoms with van der Waals surface area (Å²) in [4.78, 5) is 12.2. The van der Waals surface area contributed by atoms with Gasteiger partial charge in [-0.25, -0.2) is 0 Å². The van der Waals surface area contributed by atoms with Crippen molar-refractivity contribution < 1.29 is 13.9 Å². The summed E-state index contributed by atoms with van der Waals surface area (Å²) in [6.07, 6.45) is 0.733. The molecular weight excluding hydrogens is 330 g/mol. The second-order valence-electron chi connectivity index (χ2n) is 6.18. The van der Waals surface area contributed by atoms with E-state index in [1.165, 1.54) is 11.1 Å². The summed E-state index contributed by atoms with van der Waals surface area (Å²) < 4.78 is 10.7. The maximum absolute atomic E-state index is 12.2. The standard InChI is InChI=1S/C20H21N3O3/c1-13-7-8-16(14(2)9-13)12-19-22-23-20(26-19)21-18(24)11-15-5-4-6-17(10-15)25-3/h4-10H,11-12H2,1-3H3,(H,21,23,24). The van der Waals surface area contributed by atoms with Crippen LogP contribution in [0.2, 0.25) is 0 Å². The van der Waals surface area contributed by atoms with Gasteiger partial charge in [0.2, 0.25) is 11.8 Å². The molecule has 1 heterocycles. The number of hydrogen-bond acceptors (Lipinski definition) is 5. The van der Waals surface area contributed by atoms with Gasteiger partial charge in [0.1, 0.15) is 5.75 Å². The van der Waals surface area contributed by atoms with Gasteiger partial charge in [0, 0.05) is 0 Å². The zero-order chi connectivity index (χ0) is 18.5. The number of amides is 1. The Morgan fingerprint density at radius 2 is 2.00 bits per heavy atom. The summed E-state index contributed by atoms with van der Waals surface area (Å²) in [5, 5.41) is 10.6. The zero-order valence-electron chi connectivity index (χ0n) is 15.1. The van der Waals surface area contributed by atoms with Crippen LogP contribution in [-0.4, -0.2) is 23.2 Å². The summed E-state index contributed by atoms with van der Waals surface area (Å²) in [5.41, 5.74) is 4.35. The van der Waals surface area contributed by atoms with E-state index in [-0.39, 0.29) is 18.3 Å². The smallest absolute Gasteiger partial charge is 0.322 e. The summed E-state index contributed by atoms with van der Waals surface area (Å²) >= 11 is 0. The SMILES string of the molecule is COc1cccc(CC(=O)Nc2nnc(Cc3ccc(C)cc3C)o2)c1. The van der Waals surface area contributed by atoms with Crippen LogP contribution < -0.4 is 10.1 Å². The van der Waals surface area contributed by atoms with Crippen LogP contribution in [0.15, 0.2) is 46.9 Å². The van der Waals surface area contributed by atoms with Crippen molar-refractivity contribution in [3.63, 3.8) is 0 Å². The number of carbonyl (C=O) groups excluding carboxylic acids is 1. The van der Waals surface area contributed by atoms with Crippen molar-refractivity contribution in [2.75, 3.05) is 12.4 Å². The number of hydrogen-bond donors (Lipinski definition) is 1. The monoisotopic (exact) mass is 351 g/mol. The molecule has 0 saturated carbocycles. The third-order valence-corrected chi connectivity index (χ3v) is 4.05. The minimum absolute atomic E-state index is 0.109. The quantitative estimate of drug-likeness (QED) is 0.736. The molecule has 26 heavy (non-hydrogen) atoms. The van der Waals surface area contributed by atoms with Crippen LogP contribution in [-0.2, 0) is 17.6 Å². The molecule has 134 valence electrons. The maximum Gasteiger partial charge on any atom is 0.322 e. The van der Waals surface area contributed by atoms with Crippen LogP contribution in [0.5, 0.6) is 5.75 Å². The lowest BCUT2D eigenvalue weighted by molar-refractivity contribution is -0.115. The topological polar surface area (TPSA) is 77.2 Å². The van der Waals surface area contributed by atoms with Gasteiger partial charge in [-0.2, -0.15) is 0 Å². The Kier molecular flexibility index (Phi) is 5.31. The molecule has 3 rings (SSSR count). The Balaban J connectivity index is 1.61. The predicted molar refractivity (Wildman–Crippen MR) is 98.3 cm³/mol. The number of nitrogens with one attached hydrogen (secondary N) is 1. The molecule has 6 nitrogen and oxygen atoms in total. The number of aromatic nitrogens is 2. The molecule has 1 N–H and O–H groups in total. The Morgan fingerprint density at radius 3 is 2.77 bits per heavy atom. The molecule has 0 fully saturated rings. The molecule has 0 bridgehead atoms. The van der Waals surface area contributed by atoms with Crippen molar-refractivity contribution in [2.24, 2.45) is 0 Å². The third kappa shape index (κ3) is 4.47. The van der Waals surface area contributed by atoms with Gasteiger partial charge in [-0.15, -0.1) is 5.10 Å². The van der Waals surface area contributed by atoms with Crippen LogP contribution in [0, 0.1) is 13.8 Å². The molecular formula is C20H21N3O3. The van der Waals surface area contributed by atoms with Crippen molar-refractivity contribution in [2.45, 2.75) is 26.7 Å². The van der Waals surface area contributed by atoms with Gasteiger partial charge in [0.25, 0.3) is 0 Å². The molecule has 0 radical (unpaired) electrons. The number of aryl methyl sites for hydroxylation is 2. The van der Waals surface area contributed by atoms with Crippen molar-refractivity contribution in [1.29, 1.82) is 0 Å². The average molecular weight is 351 g/mol. The molecule has 1 aromatic heterocycles. The fraction of sp³-hybridized carbons (Fsp3) is 0.250. The molecule has 0 aliphatic rings.